The Balaban J connectivity index is 0.00000256. The molecule has 3 aliphatic rings. The van der Waals surface area contributed by atoms with Gasteiger partial charge in [-0.05, 0) is 37.0 Å². The third-order valence-corrected chi connectivity index (χ3v) is 6.05. The van der Waals surface area contributed by atoms with E-state index in [2.05, 4.69) is 63.4 Å². The minimum atomic E-state index is 0. The van der Waals surface area contributed by atoms with Gasteiger partial charge >= 0.3 is 0 Å². The standard InChI is InChI=1S/C23H35N5O.HI/c1-2-24-23(28-11-8-21(19-28)18-26-12-14-29-15-13-26)25-17-20-6-5-7-22(16-20)27-9-3-4-10-27;/h3-7,16,21H,2,8-15,17-19H2,1H3,(H,24,25);1H. The molecule has 1 aromatic rings. The summed E-state index contributed by atoms with van der Waals surface area (Å²) in [5, 5.41) is 3.51. The van der Waals surface area contributed by atoms with Crippen LogP contribution in [-0.2, 0) is 11.3 Å². The second-order valence-corrected chi connectivity index (χ2v) is 8.23. The van der Waals surface area contributed by atoms with Crippen LogP contribution in [0.4, 0.5) is 5.69 Å². The molecular formula is C23H36IN5O. The zero-order chi connectivity index (χ0) is 19.9. The van der Waals surface area contributed by atoms with Gasteiger partial charge in [0.05, 0.1) is 19.8 Å². The molecular weight excluding hydrogens is 489 g/mol. The highest BCUT2D eigenvalue weighted by molar-refractivity contribution is 14.0. The molecule has 0 spiro atoms. The van der Waals surface area contributed by atoms with Crippen LogP contribution in [0.1, 0.15) is 18.9 Å². The van der Waals surface area contributed by atoms with E-state index in [1.807, 2.05) is 0 Å². The fourth-order valence-corrected chi connectivity index (χ4v) is 4.46. The summed E-state index contributed by atoms with van der Waals surface area (Å²) in [7, 11) is 0. The third kappa shape index (κ3) is 6.34. The van der Waals surface area contributed by atoms with Gasteiger partial charge in [0.15, 0.2) is 5.96 Å². The average molecular weight is 525 g/mol. The van der Waals surface area contributed by atoms with Crippen LogP contribution in [-0.4, -0.2) is 81.3 Å². The number of aliphatic imine (C=N–C) groups is 1. The minimum absolute atomic E-state index is 0. The molecule has 1 atom stereocenters. The number of rotatable bonds is 6. The summed E-state index contributed by atoms with van der Waals surface area (Å²) in [5.74, 6) is 1.79. The molecule has 3 heterocycles. The Morgan fingerprint density at radius 1 is 1.17 bits per heavy atom. The van der Waals surface area contributed by atoms with Gasteiger partial charge in [-0.25, -0.2) is 4.99 Å². The van der Waals surface area contributed by atoms with Gasteiger partial charge in [0, 0.05) is 58.0 Å². The van der Waals surface area contributed by atoms with Crippen molar-refractivity contribution in [1.82, 2.24) is 15.1 Å². The molecule has 0 bridgehead atoms. The van der Waals surface area contributed by atoms with E-state index >= 15 is 0 Å². The average Bonchev–Trinajstić information content (AvgIpc) is 3.45. The second-order valence-electron chi connectivity index (χ2n) is 8.23. The Morgan fingerprint density at radius 3 is 2.73 bits per heavy atom. The summed E-state index contributed by atoms with van der Waals surface area (Å²) in [5.41, 5.74) is 2.56. The molecule has 1 unspecified atom stereocenters. The fraction of sp³-hybridized carbons (Fsp3) is 0.609. The van der Waals surface area contributed by atoms with Crippen molar-refractivity contribution in [2.45, 2.75) is 19.9 Å². The van der Waals surface area contributed by atoms with Crippen molar-refractivity contribution >= 4 is 35.6 Å². The lowest BCUT2D eigenvalue weighted by Crippen LogP contribution is -2.42. The van der Waals surface area contributed by atoms with E-state index in [-0.39, 0.29) is 24.0 Å². The second kappa shape index (κ2) is 11.9. The number of morpholine rings is 1. The number of benzene rings is 1. The first-order valence-electron chi connectivity index (χ1n) is 11.1. The quantitative estimate of drug-likeness (QED) is 0.268. The first-order chi connectivity index (χ1) is 14.3. The van der Waals surface area contributed by atoms with Crippen LogP contribution in [0.25, 0.3) is 0 Å². The number of nitrogens with zero attached hydrogens (tertiary/aromatic N) is 4. The van der Waals surface area contributed by atoms with E-state index in [1.54, 1.807) is 0 Å². The number of hydrogen-bond acceptors (Lipinski definition) is 4. The van der Waals surface area contributed by atoms with Crippen LogP contribution in [0.3, 0.4) is 0 Å². The molecule has 2 saturated heterocycles. The summed E-state index contributed by atoms with van der Waals surface area (Å²) in [6.07, 6.45) is 5.71. The lowest BCUT2D eigenvalue weighted by Gasteiger charge is -2.29. The molecule has 1 aromatic carbocycles. The largest absolute Gasteiger partial charge is 0.379 e. The van der Waals surface area contributed by atoms with Gasteiger partial charge in [-0.1, -0.05) is 24.3 Å². The summed E-state index contributed by atoms with van der Waals surface area (Å²) >= 11 is 0. The van der Waals surface area contributed by atoms with Gasteiger partial charge in [-0.3, -0.25) is 4.90 Å². The van der Waals surface area contributed by atoms with E-state index in [9.17, 15) is 0 Å². The molecule has 6 nitrogen and oxygen atoms in total. The molecule has 0 amide bonds. The van der Waals surface area contributed by atoms with Crippen molar-refractivity contribution in [1.29, 1.82) is 0 Å². The number of halogens is 1. The molecule has 0 aliphatic carbocycles. The van der Waals surface area contributed by atoms with Gasteiger partial charge in [0.25, 0.3) is 0 Å². The number of nitrogens with one attached hydrogen (secondary N) is 1. The highest BCUT2D eigenvalue weighted by atomic mass is 127. The molecule has 166 valence electrons. The molecule has 30 heavy (non-hydrogen) atoms. The number of hydrogen-bond donors (Lipinski definition) is 1. The van der Waals surface area contributed by atoms with Gasteiger partial charge in [0.1, 0.15) is 0 Å². The van der Waals surface area contributed by atoms with Gasteiger partial charge in [-0.15, -0.1) is 24.0 Å². The molecule has 2 fully saturated rings. The topological polar surface area (TPSA) is 43.3 Å². The Bertz CT molecular complexity index is 711. The molecule has 0 saturated carbocycles. The van der Waals surface area contributed by atoms with Crippen molar-refractivity contribution in [3.05, 3.63) is 42.0 Å². The predicted molar refractivity (Wildman–Crippen MR) is 135 cm³/mol. The highest BCUT2D eigenvalue weighted by Crippen LogP contribution is 2.20. The first kappa shape index (κ1) is 23.3. The zero-order valence-electron chi connectivity index (χ0n) is 18.1. The smallest absolute Gasteiger partial charge is 0.194 e. The van der Waals surface area contributed by atoms with Crippen LogP contribution in [0.2, 0.25) is 0 Å². The summed E-state index contributed by atoms with van der Waals surface area (Å²) < 4.78 is 5.48. The summed E-state index contributed by atoms with van der Waals surface area (Å²) in [4.78, 5) is 12.4. The molecule has 4 rings (SSSR count). The predicted octanol–water partition coefficient (Wildman–Crippen LogP) is 2.80. The molecule has 7 heteroatoms. The minimum Gasteiger partial charge on any atom is -0.379 e. The summed E-state index contributed by atoms with van der Waals surface area (Å²) in [6.45, 7) is 13.1. The van der Waals surface area contributed by atoms with Crippen molar-refractivity contribution in [2.24, 2.45) is 10.9 Å². The van der Waals surface area contributed by atoms with Gasteiger partial charge in [-0.2, -0.15) is 0 Å². The van der Waals surface area contributed by atoms with Crippen LogP contribution < -0.4 is 10.2 Å². The van der Waals surface area contributed by atoms with Gasteiger partial charge < -0.3 is 19.9 Å². The number of anilines is 1. The Labute approximate surface area is 198 Å². The maximum Gasteiger partial charge on any atom is 0.194 e. The van der Waals surface area contributed by atoms with Crippen LogP contribution >= 0.6 is 24.0 Å². The van der Waals surface area contributed by atoms with E-state index in [0.717, 1.165) is 77.4 Å². The van der Waals surface area contributed by atoms with Crippen LogP contribution in [0, 0.1) is 5.92 Å². The molecule has 3 aliphatic heterocycles. The number of ether oxygens (including phenoxy) is 1. The zero-order valence-corrected chi connectivity index (χ0v) is 20.5. The molecule has 0 aromatic heterocycles. The Hall–Kier alpha value is -1.32. The van der Waals surface area contributed by atoms with Crippen LogP contribution in [0.15, 0.2) is 41.4 Å². The number of guanidine groups is 1. The van der Waals surface area contributed by atoms with Crippen molar-refractivity contribution in [2.75, 3.05) is 70.5 Å². The summed E-state index contributed by atoms with van der Waals surface area (Å²) in [6, 6.07) is 8.82. The monoisotopic (exact) mass is 525 g/mol. The maximum absolute atomic E-state index is 5.48. The normalized spacial score (nSPS) is 22.4. The van der Waals surface area contributed by atoms with Crippen LogP contribution in [0.5, 0.6) is 0 Å². The maximum atomic E-state index is 5.48. The van der Waals surface area contributed by atoms with E-state index in [4.69, 9.17) is 9.73 Å². The van der Waals surface area contributed by atoms with E-state index < -0.39 is 0 Å². The third-order valence-electron chi connectivity index (χ3n) is 6.05. The Morgan fingerprint density at radius 2 is 1.97 bits per heavy atom. The van der Waals surface area contributed by atoms with E-state index in [1.165, 1.54) is 24.2 Å². The Kier molecular flexibility index (Phi) is 9.27. The molecule has 1 N–H and O–H groups in total. The SMILES string of the molecule is CCNC(=NCc1cccc(N2CC=CC2)c1)N1CCC(CN2CCOCC2)C1.I. The molecule has 0 radical (unpaired) electrons. The fourth-order valence-electron chi connectivity index (χ4n) is 4.46. The highest BCUT2D eigenvalue weighted by Gasteiger charge is 2.27. The van der Waals surface area contributed by atoms with Crippen molar-refractivity contribution in [3.63, 3.8) is 0 Å². The lowest BCUT2D eigenvalue weighted by molar-refractivity contribution is 0.0315. The van der Waals surface area contributed by atoms with E-state index in [0.29, 0.717) is 0 Å². The number of likely N-dealkylation sites (tertiary alicyclic amines) is 1. The van der Waals surface area contributed by atoms with Crippen molar-refractivity contribution in [3.8, 4) is 0 Å². The van der Waals surface area contributed by atoms with Gasteiger partial charge in [0.2, 0.25) is 0 Å². The lowest BCUT2D eigenvalue weighted by atomic mass is 10.1. The first-order valence-corrected chi connectivity index (χ1v) is 11.1. The van der Waals surface area contributed by atoms with Crippen molar-refractivity contribution < 1.29 is 4.74 Å².